The van der Waals surface area contributed by atoms with Crippen molar-refractivity contribution in [3.63, 3.8) is 0 Å². The van der Waals surface area contributed by atoms with Crippen molar-refractivity contribution in [1.82, 2.24) is 19.6 Å². The largest absolute Gasteiger partial charge is 0.419 e. The van der Waals surface area contributed by atoms with E-state index in [-0.39, 0.29) is 28.9 Å². The Morgan fingerprint density at radius 3 is 2.43 bits per heavy atom. The quantitative estimate of drug-likeness (QED) is 0.525. The number of aromatic nitrogens is 4. The van der Waals surface area contributed by atoms with E-state index in [1.165, 1.54) is 32.1 Å². The fourth-order valence-electron chi connectivity index (χ4n) is 4.26. The molecule has 1 aliphatic carbocycles. The van der Waals surface area contributed by atoms with Crippen LogP contribution in [0.1, 0.15) is 35.4 Å². The van der Waals surface area contributed by atoms with E-state index in [1.807, 2.05) is 0 Å². The van der Waals surface area contributed by atoms with Crippen LogP contribution in [0.3, 0.4) is 0 Å². The first-order valence-electron chi connectivity index (χ1n) is 11.2. The summed E-state index contributed by atoms with van der Waals surface area (Å²) in [6.45, 7) is 3.31. The minimum Gasteiger partial charge on any atom is -0.384 e. The first-order chi connectivity index (χ1) is 16.6. The number of hydrogen-bond donors (Lipinski definition) is 1. The standard InChI is InChI=1S/C24H23F4N7/c1-13-21(24(26,27)28)14(2)35(32-13)20-11-19(29)31-23-18(9-10-30-20)22(16-5-7-17(25)8-6-16)33-34(23)12-15-3-4-15/h5-8,10-11,15H,3-4,9,12H2,1-2H3,(H2,29,31). The van der Waals surface area contributed by atoms with E-state index in [9.17, 15) is 17.6 Å². The molecule has 0 saturated heterocycles. The molecule has 0 bridgehead atoms. The van der Waals surface area contributed by atoms with E-state index >= 15 is 0 Å². The number of alkyl halides is 3. The summed E-state index contributed by atoms with van der Waals surface area (Å²) < 4.78 is 57.0. The molecule has 1 aliphatic heterocycles. The van der Waals surface area contributed by atoms with Crippen molar-refractivity contribution in [2.45, 2.75) is 45.8 Å². The highest BCUT2D eigenvalue weighted by atomic mass is 19.4. The molecule has 11 heteroatoms. The van der Waals surface area contributed by atoms with Gasteiger partial charge in [-0.15, -0.1) is 0 Å². The summed E-state index contributed by atoms with van der Waals surface area (Å²) in [6, 6.07) is 6.02. The molecule has 3 heterocycles. The van der Waals surface area contributed by atoms with E-state index in [2.05, 4.69) is 15.1 Å². The van der Waals surface area contributed by atoms with Gasteiger partial charge in [0.05, 0.1) is 22.6 Å². The van der Waals surface area contributed by atoms with Crippen molar-refractivity contribution in [2.24, 2.45) is 21.6 Å². The maximum Gasteiger partial charge on any atom is 0.419 e. The Morgan fingerprint density at radius 1 is 1.09 bits per heavy atom. The molecule has 0 unspecified atom stereocenters. The lowest BCUT2D eigenvalue weighted by Gasteiger charge is -2.08. The van der Waals surface area contributed by atoms with Crippen molar-refractivity contribution in [3.05, 3.63) is 58.7 Å². The maximum atomic E-state index is 13.5. The smallest absolute Gasteiger partial charge is 0.384 e. The molecule has 1 fully saturated rings. The van der Waals surface area contributed by atoms with Gasteiger partial charge in [0.25, 0.3) is 0 Å². The zero-order valence-electron chi connectivity index (χ0n) is 19.1. The summed E-state index contributed by atoms with van der Waals surface area (Å²) in [5.74, 6) is 0.884. The fraction of sp³-hybridized carbons (Fsp3) is 0.333. The third-order valence-electron chi connectivity index (χ3n) is 6.09. The highest BCUT2D eigenvalue weighted by molar-refractivity contribution is 5.98. The molecule has 1 saturated carbocycles. The number of rotatable bonds is 4. The second kappa shape index (κ2) is 8.47. The second-order valence-corrected chi connectivity index (χ2v) is 8.79. The fourth-order valence-corrected chi connectivity index (χ4v) is 4.26. The van der Waals surface area contributed by atoms with Crippen LogP contribution < -0.4 is 5.73 Å². The monoisotopic (exact) mass is 485 g/mol. The summed E-state index contributed by atoms with van der Waals surface area (Å²) in [5.41, 5.74) is 7.30. The number of aliphatic imine (C=N–C) groups is 2. The van der Waals surface area contributed by atoms with Gasteiger partial charge in [-0.2, -0.15) is 23.4 Å². The third-order valence-corrected chi connectivity index (χ3v) is 6.09. The predicted octanol–water partition coefficient (Wildman–Crippen LogP) is 5.05. The predicted molar refractivity (Wildman–Crippen MR) is 125 cm³/mol. The van der Waals surface area contributed by atoms with Crippen molar-refractivity contribution in [2.75, 3.05) is 0 Å². The molecule has 35 heavy (non-hydrogen) atoms. The highest BCUT2D eigenvalue weighted by Gasteiger charge is 2.38. The van der Waals surface area contributed by atoms with E-state index < -0.39 is 11.7 Å². The van der Waals surface area contributed by atoms with Gasteiger partial charge in [0.1, 0.15) is 11.7 Å². The molecule has 0 amide bonds. The van der Waals surface area contributed by atoms with Crippen molar-refractivity contribution in [3.8, 4) is 11.3 Å². The first kappa shape index (κ1) is 23.0. The Balaban J connectivity index is 1.61. The maximum absolute atomic E-state index is 13.5. The minimum absolute atomic E-state index is 0.0593. The molecule has 3 aromatic rings. The lowest BCUT2D eigenvalue weighted by Crippen LogP contribution is -2.12. The van der Waals surface area contributed by atoms with Gasteiger partial charge >= 0.3 is 6.18 Å². The number of hydrogen-bond acceptors (Lipinski definition) is 5. The number of fused-ring (bicyclic) bond motifs is 1. The van der Waals surface area contributed by atoms with E-state index in [0.29, 0.717) is 30.4 Å². The summed E-state index contributed by atoms with van der Waals surface area (Å²) in [5, 5.41) is 8.82. The number of amidine groups is 1. The molecule has 0 spiro atoms. The molecule has 182 valence electrons. The molecule has 2 aromatic heterocycles. The van der Waals surface area contributed by atoms with Crippen molar-refractivity contribution >= 4 is 23.7 Å². The summed E-state index contributed by atoms with van der Waals surface area (Å²) in [6.07, 6.45) is 0.943. The van der Waals surface area contributed by atoms with Crippen LogP contribution in [-0.4, -0.2) is 31.6 Å². The zero-order chi connectivity index (χ0) is 24.9. The van der Waals surface area contributed by atoms with Crippen molar-refractivity contribution in [1.29, 1.82) is 0 Å². The summed E-state index contributed by atoms with van der Waals surface area (Å²) in [7, 11) is 0. The van der Waals surface area contributed by atoms with Crippen LogP contribution in [0.25, 0.3) is 17.1 Å². The Hall–Kier alpha value is -3.76. The Labute approximate surface area is 198 Å². The Kier molecular flexibility index (Phi) is 5.57. The first-order valence-corrected chi connectivity index (χ1v) is 11.2. The van der Waals surface area contributed by atoms with Crippen LogP contribution in [0, 0.1) is 25.6 Å². The second-order valence-electron chi connectivity index (χ2n) is 8.79. The van der Waals surface area contributed by atoms with Gasteiger partial charge in [-0.25, -0.2) is 23.7 Å². The van der Waals surface area contributed by atoms with Gasteiger partial charge in [-0.3, -0.25) is 0 Å². The van der Waals surface area contributed by atoms with Crippen LogP contribution in [0.5, 0.6) is 0 Å². The number of benzene rings is 1. The number of halogens is 4. The van der Waals surface area contributed by atoms with Crippen LogP contribution >= 0.6 is 0 Å². The van der Waals surface area contributed by atoms with Gasteiger partial charge in [0.15, 0.2) is 11.6 Å². The van der Waals surface area contributed by atoms with Gasteiger partial charge in [0, 0.05) is 36.4 Å². The summed E-state index contributed by atoms with van der Waals surface area (Å²) in [4.78, 5) is 8.99. The molecule has 2 aliphatic rings. The number of nitrogens with zero attached hydrogens (tertiary/aromatic N) is 6. The van der Waals surface area contributed by atoms with Crippen LogP contribution in [-0.2, 0) is 19.1 Å². The van der Waals surface area contributed by atoms with Crippen LogP contribution in [0.2, 0.25) is 0 Å². The van der Waals surface area contributed by atoms with Gasteiger partial charge < -0.3 is 5.73 Å². The SMILES string of the molecule is Cc1nn(C2=CC(N)=Nc3c(c(-c4ccc(F)cc4)nn3CC3CC3)CC=N2)c(C)c1C(F)(F)F. The number of nitrogens with two attached hydrogens (primary N) is 1. The van der Waals surface area contributed by atoms with Crippen LogP contribution in [0.15, 0.2) is 40.3 Å². The molecular formula is C24H23F4N7. The van der Waals surface area contributed by atoms with Gasteiger partial charge in [-0.05, 0) is 56.9 Å². The van der Waals surface area contributed by atoms with Crippen molar-refractivity contribution < 1.29 is 17.6 Å². The molecule has 7 nitrogen and oxygen atoms in total. The molecular weight excluding hydrogens is 462 g/mol. The minimum atomic E-state index is -4.54. The molecule has 1 aromatic carbocycles. The Morgan fingerprint density at radius 2 is 1.80 bits per heavy atom. The van der Waals surface area contributed by atoms with Gasteiger partial charge in [0.2, 0.25) is 0 Å². The highest BCUT2D eigenvalue weighted by Crippen LogP contribution is 2.37. The third kappa shape index (κ3) is 4.50. The van der Waals surface area contributed by atoms with Gasteiger partial charge in [-0.1, -0.05) is 0 Å². The van der Waals surface area contributed by atoms with E-state index in [4.69, 9.17) is 10.8 Å². The normalized spacial score (nSPS) is 16.3. The average Bonchev–Trinajstić information content (AvgIpc) is 3.44. The molecule has 5 rings (SSSR count). The number of aryl methyl sites for hydroxylation is 1. The molecule has 0 radical (unpaired) electrons. The lowest BCUT2D eigenvalue weighted by molar-refractivity contribution is -0.138. The van der Waals surface area contributed by atoms with E-state index in [0.717, 1.165) is 28.7 Å². The van der Waals surface area contributed by atoms with Crippen LogP contribution in [0.4, 0.5) is 23.4 Å². The van der Waals surface area contributed by atoms with E-state index in [1.54, 1.807) is 23.0 Å². The topological polar surface area (TPSA) is 86.4 Å². The molecule has 0 atom stereocenters. The molecule has 2 N–H and O–H groups in total. The zero-order valence-corrected chi connectivity index (χ0v) is 19.1. The Bertz CT molecular complexity index is 1370. The summed E-state index contributed by atoms with van der Waals surface area (Å²) >= 11 is 0. The average molecular weight is 485 g/mol. The lowest BCUT2D eigenvalue weighted by atomic mass is 10.1.